The lowest BCUT2D eigenvalue weighted by Gasteiger charge is -2.33. The van der Waals surface area contributed by atoms with Crippen molar-refractivity contribution < 1.29 is 13.6 Å². The standard InChI is InChI=1S/C17H16FN5O2/c1-10-9-25-16(19-10)15-21-20-14-11(2)22(7-8-23(14)15)17(24)12-3-5-13(18)6-4-12/h3-6,9,11H,7-8H2,1-2H3/t11-/m1/s1. The maximum Gasteiger partial charge on any atom is 0.265 e. The fourth-order valence-electron chi connectivity index (χ4n) is 3.04. The molecule has 7 nitrogen and oxygen atoms in total. The first-order valence-corrected chi connectivity index (χ1v) is 7.96. The number of fused-ring (bicyclic) bond motifs is 1. The molecule has 0 bridgehead atoms. The fraction of sp³-hybridized carbons (Fsp3) is 0.294. The van der Waals surface area contributed by atoms with Crippen LogP contribution in [0.15, 0.2) is 34.9 Å². The smallest absolute Gasteiger partial charge is 0.265 e. The number of nitrogens with zero attached hydrogens (tertiary/aromatic N) is 5. The van der Waals surface area contributed by atoms with E-state index in [2.05, 4.69) is 15.2 Å². The molecular formula is C17H16FN5O2. The van der Waals surface area contributed by atoms with Gasteiger partial charge in [0.2, 0.25) is 5.82 Å². The molecule has 3 aromatic rings. The van der Waals surface area contributed by atoms with Crippen molar-refractivity contribution in [3.8, 4) is 11.7 Å². The normalized spacial score (nSPS) is 16.8. The molecule has 1 aromatic carbocycles. The number of hydrogen-bond donors (Lipinski definition) is 0. The zero-order valence-electron chi connectivity index (χ0n) is 13.8. The van der Waals surface area contributed by atoms with Crippen molar-refractivity contribution in [3.05, 3.63) is 53.4 Å². The summed E-state index contributed by atoms with van der Waals surface area (Å²) in [5, 5.41) is 8.40. The van der Waals surface area contributed by atoms with Crippen molar-refractivity contribution >= 4 is 5.91 Å². The second kappa shape index (κ2) is 5.80. The van der Waals surface area contributed by atoms with Gasteiger partial charge in [-0.2, -0.15) is 0 Å². The molecule has 0 fully saturated rings. The topological polar surface area (TPSA) is 77.0 Å². The lowest BCUT2D eigenvalue weighted by molar-refractivity contribution is 0.0638. The Balaban J connectivity index is 1.63. The monoisotopic (exact) mass is 341 g/mol. The number of carbonyl (C=O) groups excluding carboxylic acids is 1. The quantitative estimate of drug-likeness (QED) is 0.716. The van der Waals surface area contributed by atoms with Crippen molar-refractivity contribution in [1.29, 1.82) is 0 Å². The maximum atomic E-state index is 13.1. The van der Waals surface area contributed by atoms with Crippen LogP contribution in [-0.2, 0) is 6.54 Å². The van der Waals surface area contributed by atoms with E-state index in [4.69, 9.17) is 4.42 Å². The molecule has 0 radical (unpaired) electrons. The largest absolute Gasteiger partial charge is 0.442 e. The first-order valence-electron chi connectivity index (χ1n) is 7.96. The molecule has 1 aliphatic heterocycles. The van der Waals surface area contributed by atoms with Crippen LogP contribution in [0.3, 0.4) is 0 Å². The van der Waals surface area contributed by atoms with Crippen molar-refractivity contribution in [1.82, 2.24) is 24.6 Å². The lowest BCUT2D eigenvalue weighted by Crippen LogP contribution is -2.41. The van der Waals surface area contributed by atoms with Gasteiger partial charge in [0.25, 0.3) is 11.8 Å². The Hall–Kier alpha value is -3.03. The number of aromatic nitrogens is 4. The van der Waals surface area contributed by atoms with E-state index in [9.17, 15) is 9.18 Å². The molecule has 0 saturated heterocycles. The molecule has 0 spiro atoms. The number of rotatable bonds is 2. The van der Waals surface area contributed by atoms with Crippen molar-refractivity contribution in [2.45, 2.75) is 26.4 Å². The van der Waals surface area contributed by atoms with Crippen LogP contribution in [-0.4, -0.2) is 37.1 Å². The minimum absolute atomic E-state index is 0.157. The Morgan fingerprint density at radius 1 is 1.24 bits per heavy atom. The third-order valence-electron chi connectivity index (χ3n) is 4.35. The van der Waals surface area contributed by atoms with Crippen LogP contribution >= 0.6 is 0 Å². The van der Waals surface area contributed by atoms with E-state index in [1.807, 2.05) is 18.4 Å². The molecule has 0 aliphatic carbocycles. The van der Waals surface area contributed by atoms with Gasteiger partial charge in [-0.05, 0) is 38.1 Å². The molecule has 1 amide bonds. The average molecular weight is 341 g/mol. The number of aryl methyl sites for hydroxylation is 1. The number of benzene rings is 1. The summed E-state index contributed by atoms with van der Waals surface area (Å²) in [6.45, 7) is 4.77. The SMILES string of the molecule is Cc1coc(-c2nnc3n2CCN(C(=O)c2ccc(F)cc2)[C@@H]3C)n1. The van der Waals surface area contributed by atoms with Crippen LogP contribution in [0.2, 0.25) is 0 Å². The third kappa shape index (κ3) is 2.59. The highest BCUT2D eigenvalue weighted by atomic mass is 19.1. The molecule has 3 heterocycles. The van der Waals surface area contributed by atoms with Gasteiger partial charge in [0, 0.05) is 18.7 Å². The highest BCUT2D eigenvalue weighted by Crippen LogP contribution is 2.29. The van der Waals surface area contributed by atoms with E-state index >= 15 is 0 Å². The third-order valence-corrected chi connectivity index (χ3v) is 4.35. The molecule has 25 heavy (non-hydrogen) atoms. The fourth-order valence-corrected chi connectivity index (χ4v) is 3.04. The first kappa shape index (κ1) is 15.5. The molecule has 0 N–H and O–H groups in total. The Labute approximate surface area is 143 Å². The van der Waals surface area contributed by atoms with Crippen molar-refractivity contribution in [2.75, 3.05) is 6.54 Å². The molecule has 128 valence electrons. The zero-order valence-corrected chi connectivity index (χ0v) is 13.8. The van der Waals surface area contributed by atoms with Gasteiger partial charge < -0.3 is 13.9 Å². The molecule has 0 unspecified atom stereocenters. The number of hydrogen-bond acceptors (Lipinski definition) is 5. The highest BCUT2D eigenvalue weighted by Gasteiger charge is 2.32. The average Bonchev–Trinajstić information content (AvgIpc) is 3.21. The lowest BCUT2D eigenvalue weighted by atomic mass is 10.1. The second-order valence-corrected chi connectivity index (χ2v) is 6.01. The molecule has 0 saturated carbocycles. The molecule has 1 atom stereocenters. The van der Waals surface area contributed by atoms with Crippen LogP contribution < -0.4 is 0 Å². The summed E-state index contributed by atoms with van der Waals surface area (Å²) < 4.78 is 20.4. The minimum Gasteiger partial charge on any atom is -0.442 e. The molecular weight excluding hydrogens is 325 g/mol. The number of amides is 1. The molecule has 1 aliphatic rings. The van der Waals surface area contributed by atoms with Gasteiger partial charge in [0.15, 0.2) is 5.82 Å². The number of carbonyl (C=O) groups is 1. The van der Waals surface area contributed by atoms with Gasteiger partial charge in [-0.3, -0.25) is 4.79 Å². The zero-order chi connectivity index (χ0) is 17.6. The van der Waals surface area contributed by atoms with Gasteiger partial charge in [0.05, 0.1) is 11.7 Å². The van der Waals surface area contributed by atoms with Crippen LogP contribution in [0.5, 0.6) is 0 Å². The van der Waals surface area contributed by atoms with E-state index in [0.29, 0.717) is 36.2 Å². The summed E-state index contributed by atoms with van der Waals surface area (Å²) in [7, 11) is 0. The predicted octanol–water partition coefficient (Wildman–Crippen LogP) is 2.60. The van der Waals surface area contributed by atoms with Gasteiger partial charge in [-0.25, -0.2) is 9.37 Å². The summed E-state index contributed by atoms with van der Waals surface area (Å²) in [5.74, 6) is 1.13. The maximum absolute atomic E-state index is 13.1. The van der Waals surface area contributed by atoms with Crippen molar-refractivity contribution in [2.24, 2.45) is 0 Å². The Kier molecular flexibility index (Phi) is 3.60. The second-order valence-electron chi connectivity index (χ2n) is 6.01. The van der Waals surface area contributed by atoms with Gasteiger partial charge >= 0.3 is 0 Å². The summed E-state index contributed by atoms with van der Waals surface area (Å²) in [4.78, 5) is 18.7. The van der Waals surface area contributed by atoms with Crippen LogP contribution in [0, 0.1) is 12.7 Å². The molecule has 4 rings (SSSR count). The molecule has 8 heteroatoms. The highest BCUT2D eigenvalue weighted by molar-refractivity contribution is 5.94. The van der Waals surface area contributed by atoms with E-state index in [0.717, 1.165) is 5.69 Å². The van der Waals surface area contributed by atoms with E-state index in [1.165, 1.54) is 24.3 Å². The number of halogens is 1. The first-order chi connectivity index (χ1) is 12.0. The van der Waals surface area contributed by atoms with Crippen molar-refractivity contribution in [3.63, 3.8) is 0 Å². The number of oxazole rings is 1. The van der Waals surface area contributed by atoms with Gasteiger partial charge in [-0.15, -0.1) is 10.2 Å². The van der Waals surface area contributed by atoms with E-state index in [1.54, 1.807) is 11.2 Å². The Morgan fingerprint density at radius 2 is 2.00 bits per heavy atom. The Morgan fingerprint density at radius 3 is 2.68 bits per heavy atom. The van der Waals surface area contributed by atoms with Gasteiger partial charge in [0.1, 0.15) is 12.1 Å². The summed E-state index contributed by atoms with van der Waals surface area (Å²) in [5.41, 5.74) is 1.22. The van der Waals surface area contributed by atoms with Crippen LogP contribution in [0.4, 0.5) is 4.39 Å². The van der Waals surface area contributed by atoms with Crippen LogP contribution in [0.1, 0.15) is 34.8 Å². The summed E-state index contributed by atoms with van der Waals surface area (Å²) >= 11 is 0. The Bertz CT molecular complexity index is 931. The van der Waals surface area contributed by atoms with E-state index < -0.39 is 0 Å². The summed E-state index contributed by atoms with van der Waals surface area (Å²) in [6, 6.07) is 5.29. The summed E-state index contributed by atoms with van der Waals surface area (Å²) in [6.07, 6.45) is 1.56. The van der Waals surface area contributed by atoms with E-state index in [-0.39, 0.29) is 17.8 Å². The van der Waals surface area contributed by atoms with Gasteiger partial charge in [-0.1, -0.05) is 0 Å². The predicted molar refractivity (Wildman–Crippen MR) is 86.1 cm³/mol. The molecule has 2 aromatic heterocycles. The van der Waals surface area contributed by atoms with Crippen LogP contribution in [0.25, 0.3) is 11.7 Å². The minimum atomic E-state index is -0.367.